The lowest BCUT2D eigenvalue weighted by Gasteiger charge is -2.39. The van der Waals surface area contributed by atoms with Crippen LogP contribution < -0.4 is 32.3 Å². The van der Waals surface area contributed by atoms with E-state index in [1.165, 1.54) is 4.90 Å². The minimum Gasteiger partial charge on any atom is -0.394 e. The second kappa shape index (κ2) is 32.9. The molecule has 15 N–H and O–H groups in total. The van der Waals surface area contributed by atoms with Crippen molar-refractivity contribution in [2.45, 2.75) is 138 Å². The molecule has 2 heterocycles. The molecule has 25 heteroatoms. The first-order valence-electron chi connectivity index (χ1n) is 22.3. The Morgan fingerprint density at radius 1 is 0.446 bits per heavy atom. The first-order chi connectivity index (χ1) is 31.1. The number of aliphatic hydroxyl groups excluding tert-OH is 8. The van der Waals surface area contributed by atoms with Crippen LogP contribution in [0, 0.1) is 0 Å². The predicted octanol–water partition coefficient (Wildman–Crippen LogP) is -6.33. The van der Waals surface area contributed by atoms with E-state index < -0.39 is 98.3 Å². The number of amides is 6. The fourth-order valence-corrected chi connectivity index (χ4v) is 6.72. The van der Waals surface area contributed by atoms with Crippen LogP contribution in [0.2, 0.25) is 0 Å². The molecule has 0 aromatic heterocycles. The van der Waals surface area contributed by atoms with Gasteiger partial charge in [0.2, 0.25) is 35.4 Å². The second-order valence-electron chi connectivity index (χ2n) is 15.9. The number of unbranched alkanes of at least 4 members (excludes halogenated alkanes) is 6. The zero-order valence-electron chi connectivity index (χ0n) is 36.9. The lowest BCUT2D eigenvalue weighted by Crippen LogP contribution is -2.59. The second-order valence-corrected chi connectivity index (χ2v) is 15.9. The summed E-state index contributed by atoms with van der Waals surface area (Å²) in [5, 5.41) is 91.6. The van der Waals surface area contributed by atoms with E-state index in [4.69, 9.17) is 24.7 Å². The molecule has 65 heavy (non-hydrogen) atoms. The third-order valence-electron chi connectivity index (χ3n) is 10.4. The standard InChI is InChI=1S/C40H73N7O18/c41-27(50)10-4-1-7-13-42-30(53)20-47(21-31(54)43-14-8-2-5-11-28(51)45-16-18-62-39-37(60)35(58)33(56)25(23-48)64-39)22-32(55)44-15-9-3-6-12-29(52)46-17-19-63-40-38(61)36(59)34(57)26(24-49)65-40/h25-26,33-40,48-49,56-61H,1-24H2,(H2,41,50)(H,42,53)(H,43,54)(H,44,55)(H,45,51)(H,46,52)/t25-,26-,33-,34-,35+,36+,37+,38+,39+,40+/m1/s1. The van der Waals surface area contributed by atoms with E-state index >= 15 is 0 Å². The largest absolute Gasteiger partial charge is 0.394 e. The van der Waals surface area contributed by atoms with Crippen molar-refractivity contribution in [1.29, 1.82) is 0 Å². The highest BCUT2D eigenvalue weighted by atomic mass is 16.7. The number of hydrogen-bond donors (Lipinski definition) is 14. The number of ether oxygens (including phenoxy) is 4. The Labute approximate surface area is 378 Å². The maximum atomic E-state index is 12.8. The number of carbonyl (C=O) groups is 6. The summed E-state index contributed by atoms with van der Waals surface area (Å²) < 4.78 is 21.2. The number of primary amides is 1. The summed E-state index contributed by atoms with van der Waals surface area (Å²) in [5.41, 5.74) is 5.16. The minimum absolute atomic E-state index is 0.0654. The molecular formula is C40H73N7O18. The lowest BCUT2D eigenvalue weighted by molar-refractivity contribution is -0.300. The van der Waals surface area contributed by atoms with E-state index in [9.17, 15) is 69.6 Å². The van der Waals surface area contributed by atoms with Gasteiger partial charge in [0.1, 0.15) is 48.8 Å². The topological polar surface area (TPSA) is 391 Å². The van der Waals surface area contributed by atoms with Crippen LogP contribution in [0.15, 0.2) is 0 Å². The van der Waals surface area contributed by atoms with E-state index in [0.717, 1.165) is 0 Å². The van der Waals surface area contributed by atoms with Crippen molar-refractivity contribution in [3.8, 4) is 0 Å². The number of nitrogens with one attached hydrogen (secondary N) is 5. The van der Waals surface area contributed by atoms with Crippen molar-refractivity contribution >= 4 is 35.4 Å². The van der Waals surface area contributed by atoms with Crippen molar-refractivity contribution in [2.24, 2.45) is 5.73 Å². The molecule has 2 rings (SSSR count). The summed E-state index contributed by atoms with van der Waals surface area (Å²) in [7, 11) is 0. The first kappa shape index (κ1) is 57.4. The first-order valence-corrected chi connectivity index (χ1v) is 22.3. The van der Waals surface area contributed by atoms with Crippen LogP contribution in [0.1, 0.15) is 77.0 Å². The smallest absolute Gasteiger partial charge is 0.234 e. The molecule has 10 atom stereocenters. The average molecular weight is 940 g/mol. The van der Waals surface area contributed by atoms with E-state index in [0.29, 0.717) is 77.4 Å². The maximum absolute atomic E-state index is 12.8. The van der Waals surface area contributed by atoms with Gasteiger partial charge in [0.05, 0.1) is 46.1 Å². The van der Waals surface area contributed by atoms with Crippen LogP contribution in [-0.4, -0.2) is 221 Å². The molecule has 0 aromatic rings. The average Bonchev–Trinajstić information content (AvgIpc) is 3.26. The zero-order valence-corrected chi connectivity index (χ0v) is 36.9. The highest BCUT2D eigenvalue weighted by molar-refractivity contribution is 5.84. The SMILES string of the molecule is NC(=O)CCCCCNC(=O)CN(CC(=O)NCCCCCC(=O)NCCO[C@H]1O[C@H](CO)[C@@H](O)[C@H](O)[C@@H]1O)CC(=O)NCCCCCC(=O)NCCO[C@H]1O[C@H](CO)[C@@H](O)[C@H](O)[C@@H]1O. The summed E-state index contributed by atoms with van der Waals surface area (Å²) in [6.07, 6.45) is -8.16. The van der Waals surface area contributed by atoms with E-state index in [1.807, 2.05) is 0 Å². The molecule has 0 aromatic carbocycles. The van der Waals surface area contributed by atoms with Crippen molar-refractivity contribution in [2.75, 3.05) is 78.8 Å². The van der Waals surface area contributed by atoms with Gasteiger partial charge in [0, 0.05) is 52.0 Å². The molecule has 376 valence electrons. The Bertz CT molecular complexity index is 1340. The van der Waals surface area contributed by atoms with E-state index in [2.05, 4.69) is 26.6 Å². The monoisotopic (exact) mass is 940 g/mol. The normalized spacial score (nSPS) is 25.4. The number of rotatable bonds is 34. The molecule has 0 spiro atoms. The molecule has 0 bridgehead atoms. The van der Waals surface area contributed by atoms with Gasteiger partial charge < -0.3 is 92.1 Å². The van der Waals surface area contributed by atoms with Crippen molar-refractivity contribution in [3.63, 3.8) is 0 Å². The molecule has 2 saturated heterocycles. The Kier molecular flexibility index (Phi) is 29.1. The molecule has 0 aliphatic carbocycles. The predicted molar refractivity (Wildman–Crippen MR) is 226 cm³/mol. The van der Waals surface area contributed by atoms with Gasteiger partial charge in [-0.3, -0.25) is 33.7 Å². The van der Waals surface area contributed by atoms with Gasteiger partial charge in [-0.2, -0.15) is 0 Å². The van der Waals surface area contributed by atoms with Crippen LogP contribution in [-0.2, 0) is 47.7 Å². The molecule has 0 unspecified atom stereocenters. The zero-order chi connectivity index (χ0) is 48.1. The van der Waals surface area contributed by atoms with Gasteiger partial charge in [-0.15, -0.1) is 0 Å². The number of nitrogens with two attached hydrogens (primary N) is 1. The van der Waals surface area contributed by atoms with Crippen molar-refractivity contribution < 1.29 is 88.6 Å². The van der Waals surface area contributed by atoms with Crippen molar-refractivity contribution in [1.82, 2.24) is 31.5 Å². The summed E-state index contributed by atoms with van der Waals surface area (Å²) in [6.45, 7) is -0.945. The number of hydrogen-bond acceptors (Lipinski definition) is 19. The van der Waals surface area contributed by atoms with Crippen LogP contribution in [0.4, 0.5) is 0 Å². The highest BCUT2D eigenvalue weighted by Crippen LogP contribution is 2.23. The fourth-order valence-electron chi connectivity index (χ4n) is 6.72. The van der Waals surface area contributed by atoms with Gasteiger partial charge in [0.25, 0.3) is 0 Å². The van der Waals surface area contributed by atoms with Gasteiger partial charge in [-0.05, 0) is 38.5 Å². The van der Waals surface area contributed by atoms with Gasteiger partial charge in [-0.1, -0.05) is 19.3 Å². The maximum Gasteiger partial charge on any atom is 0.234 e. The van der Waals surface area contributed by atoms with Crippen LogP contribution in [0.5, 0.6) is 0 Å². The van der Waals surface area contributed by atoms with Gasteiger partial charge in [0.15, 0.2) is 12.6 Å². The number of nitrogens with zero attached hydrogens (tertiary/aromatic N) is 1. The van der Waals surface area contributed by atoms with Crippen molar-refractivity contribution in [3.05, 3.63) is 0 Å². The lowest BCUT2D eigenvalue weighted by atomic mass is 9.99. The molecule has 0 radical (unpaired) electrons. The molecule has 0 saturated carbocycles. The Morgan fingerprint density at radius 3 is 1.12 bits per heavy atom. The molecule has 2 aliphatic rings. The summed E-state index contributed by atoms with van der Waals surface area (Å²) in [6, 6.07) is 0. The molecule has 6 amide bonds. The molecule has 2 fully saturated rings. The Balaban J connectivity index is 1.65. The van der Waals surface area contributed by atoms with E-state index in [-0.39, 0.29) is 77.0 Å². The van der Waals surface area contributed by atoms with Gasteiger partial charge >= 0.3 is 0 Å². The molecule has 25 nitrogen and oxygen atoms in total. The summed E-state index contributed by atoms with van der Waals surface area (Å²) in [4.78, 5) is 75.1. The summed E-state index contributed by atoms with van der Waals surface area (Å²) in [5.74, 6) is -2.13. The molecule has 2 aliphatic heterocycles. The Morgan fingerprint density at radius 2 is 0.785 bits per heavy atom. The van der Waals surface area contributed by atoms with Crippen LogP contribution in [0.3, 0.4) is 0 Å². The molecular weight excluding hydrogens is 866 g/mol. The Hall–Kier alpha value is -3.70. The van der Waals surface area contributed by atoms with Crippen LogP contribution in [0.25, 0.3) is 0 Å². The minimum atomic E-state index is -1.57. The third-order valence-corrected chi connectivity index (χ3v) is 10.4. The summed E-state index contributed by atoms with van der Waals surface area (Å²) >= 11 is 0. The van der Waals surface area contributed by atoms with Crippen LogP contribution >= 0.6 is 0 Å². The number of aliphatic hydroxyl groups is 8. The van der Waals surface area contributed by atoms with E-state index in [1.54, 1.807) is 0 Å². The highest BCUT2D eigenvalue weighted by Gasteiger charge is 2.45. The van der Waals surface area contributed by atoms with Gasteiger partial charge in [-0.25, -0.2) is 0 Å². The quantitative estimate of drug-likeness (QED) is 0.0267. The number of carbonyl (C=O) groups excluding carboxylic acids is 6. The third kappa shape index (κ3) is 23.5. The fraction of sp³-hybridized carbons (Fsp3) is 0.850.